The van der Waals surface area contributed by atoms with Crippen LogP contribution >= 0.6 is 0 Å². The first kappa shape index (κ1) is 21.5. The molecule has 0 fully saturated rings. The first-order valence-electron chi connectivity index (χ1n) is 11.3. The van der Waals surface area contributed by atoms with Crippen LogP contribution in [0.5, 0.6) is 5.75 Å². The molecule has 5 nitrogen and oxygen atoms in total. The van der Waals surface area contributed by atoms with E-state index in [0.717, 1.165) is 33.3 Å². The highest BCUT2D eigenvalue weighted by atomic mass is 16.5. The molecular weight excluding hydrogens is 422 g/mol. The van der Waals surface area contributed by atoms with Crippen LogP contribution in [-0.4, -0.2) is 15.5 Å². The lowest BCUT2D eigenvalue weighted by atomic mass is 10.2. The Bertz CT molecular complexity index is 1380. The van der Waals surface area contributed by atoms with Crippen LogP contribution in [0.25, 0.3) is 10.9 Å². The first-order chi connectivity index (χ1) is 16.8. The van der Waals surface area contributed by atoms with Gasteiger partial charge in [-0.05, 0) is 47.0 Å². The zero-order valence-electron chi connectivity index (χ0n) is 18.7. The first-order valence-corrected chi connectivity index (χ1v) is 11.3. The summed E-state index contributed by atoms with van der Waals surface area (Å²) in [6, 6.07) is 31.9. The molecule has 1 N–H and O–H groups in total. The molecule has 0 saturated carbocycles. The third-order valence-corrected chi connectivity index (χ3v) is 5.76. The molecule has 168 valence electrons. The molecule has 3 aromatic carbocycles. The Balaban J connectivity index is 1.48. The Hall–Kier alpha value is -4.38. The molecular formula is C29H25N3O2. The van der Waals surface area contributed by atoms with Crippen molar-refractivity contribution < 1.29 is 9.53 Å². The summed E-state index contributed by atoms with van der Waals surface area (Å²) in [7, 11) is 0. The number of carbonyl (C=O) groups excluding carboxylic acids is 1. The molecule has 0 bridgehead atoms. The SMILES string of the molecule is O=C(NCc1ccncc1)c1cc2c(OCc3ccccc3)cccc2n1Cc1ccccc1. The Morgan fingerprint density at radius 3 is 2.24 bits per heavy atom. The van der Waals surface area contributed by atoms with Crippen molar-refractivity contribution in [2.75, 3.05) is 0 Å². The molecule has 5 rings (SSSR count). The number of benzene rings is 3. The minimum Gasteiger partial charge on any atom is -0.488 e. The van der Waals surface area contributed by atoms with Crippen LogP contribution in [0.2, 0.25) is 0 Å². The Morgan fingerprint density at radius 1 is 0.794 bits per heavy atom. The van der Waals surface area contributed by atoms with E-state index in [9.17, 15) is 4.79 Å². The van der Waals surface area contributed by atoms with Crippen molar-refractivity contribution in [3.8, 4) is 5.75 Å². The van der Waals surface area contributed by atoms with E-state index in [2.05, 4.69) is 27.0 Å². The number of rotatable bonds is 8. The largest absolute Gasteiger partial charge is 0.488 e. The lowest BCUT2D eigenvalue weighted by molar-refractivity contribution is 0.0942. The van der Waals surface area contributed by atoms with E-state index < -0.39 is 0 Å². The van der Waals surface area contributed by atoms with Gasteiger partial charge in [0.15, 0.2) is 0 Å². The molecule has 0 aliphatic heterocycles. The van der Waals surface area contributed by atoms with Crippen LogP contribution < -0.4 is 10.1 Å². The summed E-state index contributed by atoms with van der Waals surface area (Å²) in [5.74, 6) is 0.634. The van der Waals surface area contributed by atoms with Gasteiger partial charge in [-0.1, -0.05) is 66.7 Å². The maximum absolute atomic E-state index is 13.3. The normalized spacial score (nSPS) is 10.8. The summed E-state index contributed by atoms with van der Waals surface area (Å²) in [5, 5.41) is 3.97. The number of hydrogen-bond acceptors (Lipinski definition) is 3. The van der Waals surface area contributed by atoms with Gasteiger partial charge < -0.3 is 14.6 Å². The zero-order chi connectivity index (χ0) is 23.2. The van der Waals surface area contributed by atoms with Gasteiger partial charge in [0.25, 0.3) is 5.91 Å². The smallest absolute Gasteiger partial charge is 0.268 e. The second kappa shape index (κ2) is 10.0. The molecule has 0 radical (unpaired) electrons. The van der Waals surface area contributed by atoms with Gasteiger partial charge in [-0.15, -0.1) is 0 Å². The van der Waals surface area contributed by atoms with E-state index in [-0.39, 0.29) is 5.91 Å². The van der Waals surface area contributed by atoms with Crippen molar-refractivity contribution in [3.05, 3.63) is 132 Å². The summed E-state index contributed by atoms with van der Waals surface area (Å²) in [6.45, 7) is 1.49. The molecule has 5 aromatic rings. The maximum Gasteiger partial charge on any atom is 0.268 e. The fourth-order valence-corrected chi connectivity index (χ4v) is 4.02. The van der Waals surface area contributed by atoms with Crippen molar-refractivity contribution >= 4 is 16.8 Å². The Morgan fingerprint density at radius 2 is 1.50 bits per heavy atom. The summed E-state index contributed by atoms with van der Waals surface area (Å²) in [5.41, 5.74) is 4.78. The molecule has 2 heterocycles. The average molecular weight is 448 g/mol. The molecule has 0 unspecified atom stereocenters. The quantitative estimate of drug-likeness (QED) is 0.337. The fourth-order valence-electron chi connectivity index (χ4n) is 4.02. The average Bonchev–Trinajstić information content (AvgIpc) is 3.27. The molecule has 0 saturated heterocycles. The number of pyridine rings is 1. The number of fused-ring (bicyclic) bond motifs is 1. The van der Waals surface area contributed by atoms with E-state index in [1.165, 1.54) is 0 Å². The van der Waals surface area contributed by atoms with Gasteiger partial charge >= 0.3 is 0 Å². The number of hydrogen-bond donors (Lipinski definition) is 1. The van der Waals surface area contributed by atoms with Crippen molar-refractivity contribution in [1.82, 2.24) is 14.9 Å². The summed E-state index contributed by atoms with van der Waals surface area (Å²) < 4.78 is 8.24. The van der Waals surface area contributed by atoms with Crippen molar-refractivity contribution in [1.29, 1.82) is 0 Å². The highest BCUT2D eigenvalue weighted by Crippen LogP contribution is 2.30. The van der Waals surface area contributed by atoms with Crippen LogP contribution in [-0.2, 0) is 19.7 Å². The number of aromatic nitrogens is 2. The standard InChI is InChI=1S/C29H25N3O2/c33-29(31-19-22-14-16-30-17-15-22)27-18-25-26(32(27)20-23-8-3-1-4-9-23)12-7-13-28(25)34-21-24-10-5-2-6-11-24/h1-18H,19-21H2,(H,31,33). The minimum absolute atomic E-state index is 0.127. The molecule has 1 amide bonds. The summed E-state index contributed by atoms with van der Waals surface area (Å²) in [6.07, 6.45) is 3.45. The summed E-state index contributed by atoms with van der Waals surface area (Å²) >= 11 is 0. The fraction of sp³-hybridized carbons (Fsp3) is 0.103. The third-order valence-electron chi connectivity index (χ3n) is 5.76. The molecule has 5 heteroatoms. The van der Waals surface area contributed by atoms with Crippen molar-refractivity contribution in [2.24, 2.45) is 0 Å². The van der Waals surface area contributed by atoms with Gasteiger partial charge in [0.2, 0.25) is 0 Å². The van der Waals surface area contributed by atoms with E-state index >= 15 is 0 Å². The molecule has 0 atom stereocenters. The van der Waals surface area contributed by atoms with Crippen LogP contribution in [0, 0.1) is 0 Å². The summed E-state index contributed by atoms with van der Waals surface area (Å²) in [4.78, 5) is 17.3. The van der Waals surface area contributed by atoms with E-state index in [1.54, 1.807) is 12.4 Å². The molecule has 0 aliphatic rings. The minimum atomic E-state index is -0.127. The molecule has 0 aliphatic carbocycles. The lowest BCUT2D eigenvalue weighted by Crippen LogP contribution is -2.25. The lowest BCUT2D eigenvalue weighted by Gasteiger charge is -2.12. The topological polar surface area (TPSA) is 56.1 Å². The van der Waals surface area contributed by atoms with Crippen LogP contribution in [0.4, 0.5) is 0 Å². The zero-order valence-corrected chi connectivity index (χ0v) is 18.7. The number of ether oxygens (including phenoxy) is 1. The second-order valence-electron chi connectivity index (χ2n) is 8.10. The van der Waals surface area contributed by atoms with Crippen LogP contribution in [0.3, 0.4) is 0 Å². The van der Waals surface area contributed by atoms with Gasteiger partial charge in [0.1, 0.15) is 18.1 Å². The molecule has 34 heavy (non-hydrogen) atoms. The van der Waals surface area contributed by atoms with Gasteiger partial charge in [0.05, 0.1) is 5.52 Å². The van der Waals surface area contributed by atoms with Gasteiger partial charge in [-0.25, -0.2) is 0 Å². The van der Waals surface area contributed by atoms with Gasteiger partial charge in [0, 0.05) is 30.9 Å². The van der Waals surface area contributed by atoms with Crippen LogP contribution in [0.1, 0.15) is 27.2 Å². The van der Waals surface area contributed by atoms with Crippen LogP contribution in [0.15, 0.2) is 109 Å². The van der Waals surface area contributed by atoms with Gasteiger partial charge in [-0.3, -0.25) is 9.78 Å². The Labute approximate surface area is 198 Å². The number of nitrogens with one attached hydrogen (secondary N) is 1. The van der Waals surface area contributed by atoms with Gasteiger partial charge in [-0.2, -0.15) is 0 Å². The number of carbonyl (C=O) groups is 1. The number of nitrogens with zero attached hydrogens (tertiary/aromatic N) is 2. The highest BCUT2D eigenvalue weighted by molar-refractivity contribution is 6.00. The number of amides is 1. The second-order valence-corrected chi connectivity index (χ2v) is 8.10. The maximum atomic E-state index is 13.3. The predicted octanol–water partition coefficient (Wildman–Crippen LogP) is 5.59. The van der Waals surface area contributed by atoms with E-state index in [0.29, 0.717) is 25.4 Å². The van der Waals surface area contributed by atoms with Crippen molar-refractivity contribution in [3.63, 3.8) is 0 Å². The Kier molecular flexibility index (Phi) is 6.34. The predicted molar refractivity (Wildman–Crippen MR) is 134 cm³/mol. The monoisotopic (exact) mass is 447 g/mol. The third kappa shape index (κ3) is 4.84. The highest BCUT2D eigenvalue weighted by Gasteiger charge is 2.18. The molecule has 0 spiro atoms. The van der Waals surface area contributed by atoms with Crippen molar-refractivity contribution in [2.45, 2.75) is 19.7 Å². The molecule has 2 aromatic heterocycles. The van der Waals surface area contributed by atoms with E-state index in [1.807, 2.05) is 84.9 Å². The van der Waals surface area contributed by atoms with E-state index in [4.69, 9.17) is 4.74 Å².